The molecular formula is C13H20N2O. The summed E-state index contributed by atoms with van der Waals surface area (Å²) in [5, 5.41) is 4.67. The monoisotopic (exact) mass is 220 g/mol. The first-order valence-electron chi connectivity index (χ1n) is 6.04. The van der Waals surface area contributed by atoms with Crippen LogP contribution in [0.2, 0.25) is 0 Å². The summed E-state index contributed by atoms with van der Waals surface area (Å²) in [6.07, 6.45) is 0.0832. The molecule has 0 spiro atoms. The maximum absolute atomic E-state index is 5.88. The van der Waals surface area contributed by atoms with Crippen LogP contribution in [0.4, 0.5) is 0 Å². The second-order valence-corrected chi connectivity index (χ2v) is 3.94. The van der Waals surface area contributed by atoms with Gasteiger partial charge in [0.25, 0.3) is 0 Å². The molecule has 2 rings (SSSR count). The van der Waals surface area contributed by atoms with Crippen LogP contribution in [-0.2, 0) is 4.74 Å². The van der Waals surface area contributed by atoms with Gasteiger partial charge in [-0.05, 0) is 5.56 Å². The molecule has 0 aromatic heterocycles. The van der Waals surface area contributed by atoms with Gasteiger partial charge in [0, 0.05) is 19.6 Å². The lowest BCUT2D eigenvalue weighted by Gasteiger charge is -2.43. The van der Waals surface area contributed by atoms with Crippen LogP contribution in [0, 0.1) is 0 Å². The lowest BCUT2D eigenvalue weighted by molar-refractivity contribution is -0.214. The molecule has 0 N–H and O–H groups in total. The molecular weight excluding hydrogens is 200 g/mol. The Hall–Kier alpha value is -0.900. The van der Waals surface area contributed by atoms with Crippen LogP contribution in [-0.4, -0.2) is 36.3 Å². The number of hydrogen-bond acceptors (Lipinski definition) is 3. The van der Waals surface area contributed by atoms with Crippen molar-refractivity contribution in [1.82, 2.24) is 10.0 Å². The van der Waals surface area contributed by atoms with Gasteiger partial charge in [0.1, 0.15) is 6.23 Å². The fourth-order valence-electron chi connectivity index (χ4n) is 2.22. The van der Waals surface area contributed by atoms with Gasteiger partial charge in [-0.1, -0.05) is 44.2 Å². The largest absolute Gasteiger partial charge is 0.356 e. The van der Waals surface area contributed by atoms with Gasteiger partial charge < -0.3 is 4.74 Å². The van der Waals surface area contributed by atoms with E-state index in [4.69, 9.17) is 4.74 Å². The summed E-state index contributed by atoms with van der Waals surface area (Å²) in [5.41, 5.74) is 1.24. The van der Waals surface area contributed by atoms with Crippen LogP contribution in [0.5, 0.6) is 0 Å². The second-order valence-electron chi connectivity index (χ2n) is 3.94. The van der Waals surface area contributed by atoms with Gasteiger partial charge in [0.15, 0.2) is 0 Å². The number of ether oxygens (including phenoxy) is 1. The van der Waals surface area contributed by atoms with Crippen LogP contribution in [0.25, 0.3) is 0 Å². The van der Waals surface area contributed by atoms with E-state index in [0.717, 1.165) is 26.2 Å². The zero-order valence-electron chi connectivity index (χ0n) is 10.1. The molecule has 1 aromatic rings. The molecule has 1 atom stereocenters. The fourth-order valence-corrected chi connectivity index (χ4v) is 2.22. The van der Waals surface area contributed by atoms with Gasteiger partial charge in [-0.25, -0.2) is 10.0 Å². The van der Waals surface area contributed by atoms with E-state index in [1.54, 1.807) is 0 Å². The highest BCUT2D eigenvalue weighted by atomic mass is 16.5. The van der Waals surface area contributed by atoms with Gasteiger partial charge in [-0.15, -0.1) is 0 Å². The highest BCUT2D eigenvalue weighted by Crippen LogP contribution is 2.26. The zero-order chi connectivity index (χ0) is 11.4. The molecule has 1 saturated heterocycles. The van der Waals surface area contributed by atoms with Crippen molar-refractivity contribution in [2.24, 2.45) is 0 Å². The smallest absolute Gasteiger partial charge is 0.149 e. The Morgan fingerprint density at radius 1 is 1.19 bits per heavy atom. The molecule has 16 heavy (non-hydrogen) atoms. The maximum Gasteiger partial charge on any atom is 0.149 e. The third-order valence-corrected chi connectivity index (χ3v) is 3.03. The number of hydrazine groups is 1. The first-order chi connectivity index (χ1) is 7.86. The highest BCUT2D eigenvalue weighted by Gasteiger charge is 2.28. The molecule has 3 heteroatoms. The van der Waals surface area contributed by atoms with Crippen molar-refractivity contribution in [3.05, 3.63) is 35.9 Å². The van der Waals surface area contributed by atoms with Crippen molar-refractivity contribution < 1.29 is 4.74 Å². The predicted octanol–water partition coefficient (Wildman–Crippen LogP) is 2.27. The molecule has 1 aromatic carbocycles. The summed E-state index contributed by atoms with van der Waals surface area (Å²) in [6.45, 7) is 8.19. The molecule has 1 unspecified atom stereocenters. The van der Waals surface area contributed by atoms with Crippen molar-refractivity contribution in [3.63, 3.8) is 0 Å². The van der Waals surface area contributed by atoms with Crippen LogP contribution in [0.3, 0.4) is 0 Å². The second kappa shape index (κ2) is 5.43. The molecule has 0 bridgehead atoms. The number of hydrogen-bond donors (Lipinski definition) is 0. The standard InChI is InChI=1S/C13H20N2O/c1-3-14-10-11-16-13(15(14)4-2)12-8-6-5-7-9-12/h5-9,13H,3-4,10-11H2,1-2H3. The number of rotatable bonds is 3. The Labute approximate surface area is 97.6 Å². The minimum Gasteiger partial charge on any atom is -0.356 e. The minimum atomic E-state index is 0.0832. The Balaban J connectivity index is 2.19. The Bertz CT molecular complexity index is 315. The highest BCUT2D eigenvalue weighted by molar-refractivity contribution is 5.17. The quantitative estimate of drug-likeness (QED) is 0.777. The summed E-state index contributed by atoms with van der Waals surface area (Å²) in [5.74, 6) is 0. The molecule has 1 aliphatic heterocycles. The number of likely N-dealkylation sites (N-methyl/N-ethyl adjacent to an activating group) is 1. The summed E-state index contributed by atoms with van der Waals surface area (Å²) in [4.78, 5) is 0. The van der Waals surface area contributed by atoms with Gasteiger partial charge in [-0.3, -0.25) is 0 Å². The van der Waals surface area contributed by atoms with E-state index >= 15 is 0 Å². The van der Waals surface area contributed by atoms with E-state index < -0.39 is 0 Å². The number of nitrogens with zero attached hydrogens (tertiary/aromatic N) is 2. The van der Waals surface area contributed by atoms with E-state index in [1.165, 1.54) is 5.56 Å². The average molecular weight is 220 g/mol. The SMILES string of the molecule is CCN1CCOC(c2ccccc2)N1CC. The van der Waals surface area contributed by atoms with E-state index in [2.05, 4.69) is 48.1 Å². The summed E-state index contributed by atoms with van der Waals surface area (Å²) in [7, 11) is 0. The molecule has 0 amide bonds. The Kier molecular flexibility index (Phi) is 3.93. The van der Waals surface area contributed by atoms with Gasteiger partial charge in [-0.2, -0.15) is 0 Å². The molecule has 88 valence electrons. The topological polar surface area (TPSA) is 15.7 Å². The summed E-state index contributed by atoms with van der Waals surface area (Å²) >= 11 is 0. The van der Waals surface area contributed by atoms with Crippen molar-refractivity contribution >= 4 is 0 Å². The van der Waals surface area contributed by atoms with E-state index in [1.807, 2.05) is 6.07 Å². The maximum atomic E-state index is 5.88. The summed E-state index contributed by atoms with van der Waals surface area (Å²) < 4.78 is 5.88. The average Bonchev–Trinajstić information content (AvgIpc) is 2.38. The Morgan fingerprint density at radius 3 is 2.56 bits per heavy atom. The first kappa shape index (κ1) is 11.6. The molecule has 1 aliphatic rings. The van der Waals surface area contributed by atoms with Crippen molar-refractivity contribution in [1.29, 1.82) is 0 Å². The first-order valence-corrected chi connectivity index (χ1v) is 6.04. The lowest BCUT2D eigenvalue weighted by atomic mass is 10.2. The van der Waals surface area contributed by atoms with E-state index in [-0.39, 0.29) is 6.23 Å². The predicted molar refractivity (Wildman–Crippen MR) is 64.8 cm³/mol. The molecule has 0 aliphatic carbocycles. The van der Waals surface area contributed by atoms with Gasteiger partial charge in [0.05, 0.1) is 6.61 Å². The summed E-state index contributed by atoms with van der Waals surface area (Å²) in [6, 6.07) is 10.4. The molecule has 1 heterocycles. The van der Waals surface area contributed by atoms with Gasteiger partial charge in [0.2, 0.25) is 0 Å². The zero-order valence-corrected chi connectivity index (χ0v) is 10.1. The van der Waals surface area contributed by atoms with Crippen LogP contribution < -0.4 is 0 Å². The van der Waals surface area contributed by atoms with Crippen LogP contribution in [0.1, 0.15) is 25.6 Å². The lowest BCUT2D eigenvalue weighted by Crippen LogP contribution is -2.51. The van der Waals surface area contributed by atoms with Crippen LogP contribution >= 0.6 is 0 Å². The van der Waals surface area contributed by atoms with Crippen molar-refractivity contribution in [2.45, 2.75) is 20.1 Å². The Morgan fingerprint density at radius 2 is 1.94 bits per heavy atom. The van der Waals surface area contributed by atoms with E-state index in [9.17, 15) is 0 Å². The third kappa shape index (κ3) is 2.26. The van der Waals surface area contributed by atoms with E-state index in [0.29, 0.717) is 0 Å². The number of benzene rings is 1. The fraction of sp³-hybridized carbons (Fsp3) is 0.538. The normalized spacial score (nSPS) is 23.5. The minimum absolute atomic E-state index is 0.0832. The van der Waals surface area contributed by atoms with Crippen LogP contribution in [0.15, 0.2) is 30.3 Å². The molecule has 0 radical (unpaired) electrons. The van der Waals surface area contributed by atoms with Crippen molar-refractivity contribution in [2.75, 3.05) is 26.2 Å². The molecule has 1 fully saturated rings. The molecule has 3 nitrogen and oxygen atoms in total. The van der Waals surface area contributed by atoms with Crippen molar-refractivity contribution in [3.8, 4) is 0 Å². The molecule has 0 saturated carbocycles. The third-order valence-electron chi connectivity index (χ3n) is 3.03. The van der Waals surface area contributed by atoms with Gasteiger partial charge >= 0.3 is 0 Å².